The number of carbonyl (C=O) groups is 1. The Kier molecular flexibility index (Phi) is 5.86. The number of halogens is 1. The monoisotopic (exact) mass is 271 g/mol. The van der Waals surface area contributed by atoms with Crippen LogP contribution in [0.3, 0.4) is 0 Å². The SMILES string of the molecule is CCC(CSC)N(C)c1c(Cl)cccc1C=O. The van der Waals surface area contributed by atoms with Crippen LogP contribution in [0.15, 0.2) is 18.2 Å². The van der Waals surface area contributed by atoms with Crippen LogP contribution in [0, 0.1) is 0 Å². The van der Waals surface area contributed by atoms with Gasteiger partial charge in [0.25, 0.3) is 0 Å². The van der Waals surface area contributed by atoms with Gasteiger partial charge in [-0.05, 0) is 24.8 Å². The Bertz CT molecular complexity index is 384. The highest BCUT2D eigenvalue weighted by Gasteiger charge is 2.18. The Morgan fingerprint density at radius 3 is 2.76 bits per heavy atom. The molecule has 1 aromatic rings. The van der Waals surface area contributed by atoms with Crippen molar-refractivity contribution in [2.24, 2.45) is 0 Å². The first-order valence-corrected chi connectivity index (χ1v) is 7.38. The molecule has 0 amide bonds. The second-order valence-corrected chi connectivity index (χ2v) is 5.24. The molecular weight excluding hydrogens is 254 g/mol. The van der Waals surface area contributed by atoms with Crippen molar-refractivity contribution in [3.8, 4) is 0 Å². The van der Waals surface area contributed by atoms with E-state index < -0.39 is 0 Å². The summed E-state index contributed by atoms with van der Waals surface area (Å²) in [5, 5.41) is 0.636. The standard InChI is InChI=1S/C13H18ClNOS/c1-4-11(9-17-3)15(2)13-10(8-16)6-5-7-12(13)14/h5-8,11H,4,9H2,1-3H3. The first kappa shape index (κ1) is 14.4. The number of benzene rings is 1. The topological polar surface area (TPSA) is 20.3 Å². The van der Waals surface area contributed by atoms with Gasteiger partial charge in [-0.15, -0.1) is 0 Å². The van der Waals surface area contributed by atoms with Crippen molar-refractivity contribution in [1.82, 2.24) is 0 Å². The number of rotatable bonds is 6. The van der Waals surface area contributed by atoms with Crippen LogP contribution in [-0.4, -0.2) is 31.4 Å². The van der Waals surface area contributed by atoms with Crippen molar-refractivity contribution in [2.45, 2.75) is 19.4 Å². The highest BCUT2D eigenvalue weighted by molar-refractivity contribution is 7.98. The molecule has 2 nitrogen and oxygen atoms in total. The molecule has 0 heterocycles. The molecule has 17 heavy (non-hydrogen) atoms. The number of hydrogen-bond acceptors (Lipinski definition) is 3. The molecule has 4 heteroatoms. The number of thioether (sulfide) groups is 1. The third-order valence-electron chi connectivity index (χ3n) is 2.88. The van der Waals surface area contributed by atoms with Crippen LogP contribution in [0.25, 0.3) is 0 Å². The van der Waals surface area contributed by atoms with Crippen LogP contribution in [0.2, 0.25) is 5.02 Å². The van der Waals surface area contributed by atoms with E-state index in [-0.39, 0.29) is 0 Å². The molecule has 0 aliphatic rings. The van der Waals surface area contributed by atoms with Gasteiger partial charge in [0.2, 0.25) is 0 Å². The van der Waals surface area contributed by atoms with Gasteiger partial charge < -0.3 is 4.90 Å². The summed E-state index contributed by atoms with van der Waals surface area (Å²) in [6.45, 7) is 2.15. The molecule has 0 spiro atoms. The van der Waals surface area contributed by atoms with Crippen LogP contribution >= 0.6 is 23.4 Å². The average molecular weight is 272 g/mol. The number of aldehydes is 1. The predicted octanol–water partition coefficient (Wildman–Crippen LogP) is 3.73. The molecule has 0 saturated carbocycles. The average Bonchev–Trinajstić information content (AvgIpc) is 2.34. The molecule has 94 valence electrons. The predicted molar refractivity (Wildman–Crippen MR) is 77.7 cm³/mol. The molecule has 1 atom stereocenters. The second kappa shape index (κ2) is 6.92. The maximum Gasteiger partial charge on any atom is 0.152 e. The van der Waals surface area contributed by atoms with Gasteiger partial charge in [-0.25, -0.2) is 0 Å². The Morgan fingerprint density at radius 2 is 2.24 bits per heavy atom. The van der Waals surface area contributed by atoms with E-state index in [4.69, 9.17) is 11.6 Å². The van der Waals surface area contributed by atoms with Gasteiger partial charge in [-0.3, -0.25) is 4.79 Å². The quantitative estimate of drug-likeness (QED) is 0.736. The zero-order valence-corrected chi connectivity index (χ0v) is 12.0. The van der Waals surface area contributed by atoms with Gasteiger partial charge in [0.15, 0.2) is 6.29 Å². The van der Waals surface area contributed by atoms with E-state index in [1.54, 1.807) is 23.9 Å². The maximum absolute atomic E-state index is 11.1. The normalized spacial score (nSPS) is 12.2. The van der Waals surface area contributed by atoms with E-state index in [1.807, 2.05) is 13.1 Å². The van der Waals surface area contributed by atoms with E-state index in [2.05, 4.69) is 18.1 Å². The third kappa shape index (κ3) is 3.39. The summed E-state index contributed by atoms with van der Waals surface area (Å²) < 4.78 is 0. The highest BCUT2D eigenvalue weighted by Crippen LogP contribution is 2.30. The summed E-state index contributed by atoms with van der Waals surface area (Å²) in [6.07, 6.45) is 3.98. The van der Waals surface area contributed by atoms with E-state index in [0.717, 1.165) is 24.1 Å². The lowest BCUT2D eigenvalue weighted by molar-refractivity contribution is 0.112. The van der Waals surface area contributed by atoms with E-state index in [0.29, 0.717) is 16.6 Å². The zero-order valence-electron chi connectivity index (χ0n) is 10.4. The first-order valence-electron chi connectivity index (χ1n) is 5.61. The zero-order chi connectivity index (χ0) is 12.8. The molecule has 0 radical (unpaired) electrons. The molecule has 0 bridgehead atoms. The van der Waals surface area contributed by atoms with Crippen molar-refractivity contribution >= 4 is 35.3 Å². The Labute approximate surface area is 112 Å². The minimum absolute atomic E-state index is 0.392. The molecule has 1 aromatic carbocycles. The number of nitrogens with zero attached hydrogens (tertiary/aromatic N) is 1. The van der Waals surface area contributed by atoms with Gasteiger partial charge in [0, 0.05) is 24.4 Å². The minimum atomic E-state index is 0.392. The molecule has 1 unspecified atom stereocenters. The summed E-state index contributed by atoms with van der Waals surface area (Å²) >= 11 is 8.00. The van der Waals surface area contributed by atoms with Crippen molar-refractivity contribution in [3.05, 3.63) is 28.8 Å². The molecule has 0 aromatic heterocycles. The molecule has 0 aliphatic heterocycles. The smallest absolute Gasteiger partial charge is 0.152 e. The highest BCUT2D eigenvalue weighted by atomic mass is 35.5. The van der Waals surface area contributed by atoms with Crippen LogP contribution < -0.4 is 4.90 Å². The number of anilines is 1. The number of para-hydroxylation sites is 1. The molecule has 1 rings (SSSR count). The third-order valence-corrected chi connectivity index (χ3v) is 3.90. The fraction of sp³-hybridized carbons (Fsp3) is 0.462. The van der Waals surface area contributed by atoms with Crippen molar-refractivity contribution < 1.29 is 4.79 Å². The summed E-state index contributed by atoms with van der Waals surface area (Å²) in [6, 6.07) is 5.82. The van der Waals surface area contributed by atoms with E-state index in [9.17, 15) is 4.79 Å². The van der Waals surface area contributed by atoms with Gasteiger partial charge in [-0.1, -0.05) is 24.6 Å². The van der Waals surface area contributed by atoms with Gasteiger partial charge in [-0.2, -0.15) is 11.8 Å². The summed E-state index contributed by atoms with van der Waals surface area (Å²) in [5.41, 5.74) is 1.49. The Hall–Kier alpha value is -0.670. The lowest BCUT2D eigenvalue weighted by Crippen LogP contribution is -2.34. The van der Waals surface area contributed by atoms with Crippen LogP contribution in [0.5, 0.6) is 0 Å². The van der Waals surface area contributed by atoms with Gasteiger partial charge in [0.05, 0.1) is 10.7 Å². The fourth-order valence-electron chi connectivity index (χ4n) is 1.88. The van der Waals surface area contributed by atoms with Crippen LogP contribution in [0.1, 0.15) is 23.7 Å². The van der Waals surface area contributed by atoms with Crippen LogP contribution in [-0.2, 0) is 0 Å². The van der Waals surface area contributed by atoms with Gasteiger partial charge in [0.1, 0.15) is 0 Å². The molecule has 0 saturated heterocycles. The lowest BCUT2D eigenvalue weighted by atomic mass is 10.1. The summed E-state index contributed by atoms with van der Waals surface area (Å²) in [7, 11) is 2.00. The lowest BCUT2D eigenvalue weighted by Gasteiger charge is -2.30. The van der Waals surface area contributed by atoms with Gasteiger partial charge >= 0.3 is 0 Å². The van der Waals surface area contributed by atoms with Crippen molar-refractivity contribution in [2.75, 3.05) is 24.0 Å². The molecular formula is C13H18ClNOS. The van der Waals surface area contributed by atoms with E-state index in [1.165, 1.54) is 0 Å². The molecule has 0 N–H and O–H groups in total. The minimum Gasteiger partial charge on any atom is -0.369 e. The first-order chi connectivity index (χ1) is 8.15. The summed E-state index contributed by atoms with van der Waals surface area (Å²) in [4.78, 5) is 13.2. The molecule has 0 fully saturated rings. The second-order valence-electron chi connectivity index (χ2n) is 3.92. The van der Waals surface area contributed by atoms with E-state index >= 15 is 0 Å². The molecule has 0 aliphatic carbocycles. The fourth-order valence-corrected chi connectivity index (χ4v) is 3.04. The number of carbonyl (C=O) groups excluding carboxylic acids is 1. The summed E-state index contributed by atoms with van der Waals surface area (Å²) in [5.74, 6) is 1.02. The van der Waals surface area contributed by atoms with Crippen molar-refractivity contribution in [1.29, 1.82) is 0 Å². The number of hydrogen-bond donors (Lipinski definition) is 0. The Balaban J connectivity index is 3.09. The largest absolute Gasteiger partial charge is 0.369 e. The maximum atomic E-state index is 11.1. The van der Waals surface area contributed by atoms with Crippen molar-refractivity contribution in [3.63, 3.8) is 0 Å². The Morgan fingerprint density at radius 1 is 1.53 bits per heavy atom. The van der Waals surface area contributed by atoms with Crippen LogP contribution in [0.4, 0.5) is 5.69 Å².